The summed E-state index contributed by atoms with van der Waals surface area (Å²) in [5.41, 5.74) is 0. The third-order valence-corrected chi connectivity index (χ3v) is 3.24. The number of ether oxygens (including phenoxy) is 2. The van der Waals surface area contributed by atoms with Crippen LogP contribution in [0, 0.1) is 0 Å². The summed E-state index contributed by atoms with van der Waals surface area (Å²) in [6, 6.07) is 0. The summed E-state index contributed by atoms with van der Waals surface area (Å²) in [5, 5.41) is 28.8. The molecule has 0 aromatic heterocycles. The fourth-order valence-electron chi connectivity index (χ4n) is 1.70. The second kappa shape index (κ2) is 7.61. The van der Waals surface area contributed by atoms with Crippen molar-refractivity contribution >= 4 is 10.4 Å². The molecule has 20 heavy (non-hydrogen) atoms. The van der Waals surface area contributed by atoms with Crippen LogP contribution >= 0.6 is 0 Å². The number of aliphatic hydroxyl groups excluding tert-OH is 3. The maximum absolute atomic E-state index is 10.6. The number of rotatable bonds is 7. The summed E-state index contributed by atoms with van der Waals surface area (Å²) in [6.45, 7) is 2.26. The lowest BCUT2D eigenvalue weighted by Crippen LogP contribution is -2.59. The molecule has 0 radical (unpaired) electrons. The van der Waals surface area contributed by atoms with Gasteiger partial charge in [0, 0.05) is 6.61 Å². The van der Waals surface area contributed by atoms with Crippen LogP contribution in [-0.2, 0) is 24.1 Å². The van der Waals surface area contributed by atoms with Crippen LogP contribution in [0.2, 0.25) is 0 Å². The lowest BCUT2D eigenvalue weighted by Gasteiger charge is -2.39. The fraction of sp³-hybridized carbons (Fsp3) is 1.00. The number of unbranched alkanes of at least 4 members (excludes halogenated alkanes) is 1. The van der Waals surface area contributed by atoms with Gasteiger partial charge in [0.25, 0.3) is 0 Å². The van der Waals surface area contributed by atoms with Crippen molar-refractivity contribution in [2.75, 3.05) is 13.2 Å². The average molecular weight is 316 g/mol. The largest absolute Gasteiger partial charge is 0.399 e. The van der Waals surface area contributed by atoms with E-state index >= 15 is 0 Å². The number of aliphatic hydroxyl groups is 3. The molecule has 1 rings (SSSR count). The summed E-state index contributed by atoms with van der Waals surface area (Å²) in [6.07, 6.45) is -6.18. The zero-order valence-corrected chi connectivity index (χ0v) is 11.8. The van der Waals surface area contributed by atoms with Gasteiger partial charge in [-0.05, 0) is 6.42 Å². The SMILES string of the molecule is CCCCOC[C@H]1OC(OS(=O)(=O)O)[C@H](O)[C@@H](O)[C@H]1O. The predicted octanol–water partition coefficient (Wildman–Crippen LogP) is -1.57. The molecule has 9 nitrogen and oxygen atoms in total. The first-order valence-electron chi connectivity index (χ1n) is 6.19. The normalized spacial score (nSPS) is 35.1. The van der Waals surface area contributed by atoms with E-state index in [-0.39, 0.29) is 6.61 Å². The maximum atomic E-state index is 10.6. The Morgan fingerprint density at radius 1 is 1.15 bits per heavy atom. The van der Waals surface area contributed by atoms with Crippen LogP contribution in [0.15, 0.2) is 0 Å². The number of hydrogen-bond donors (Lipinski definition) is 4. The van der Waals surface area contributed by atoms with Crippen LogP contribution in [0.4, 0.5) is 0 Å². The molecule has 0 aromatic carbocycles. The molecule has 0 spiro atoms. The highest BCUT2D eigenvalue weighted by Crippen LogP contribution is 2.23. The smallest absolute Gasteiger partial charge is 0.387 e. The molecule has 1 aliphatic rings. The lowest BCUT2D eigenvalue weighted by atomic mass is 9.99. The van der Waals surface area contributed by atoms with Crippen molar-refractivity contribution in [2.24, 2.45) is 0 Å². The molecule has 0 aromatic rings. The highest BCUT2D eigenvalue weighted by atomic mass is 32.3. The predicted molar refractivity (Wildman–Crippen MR) is 65.0 cm³/mol. The Hall–Kier alpha value is -0.330. The van der Waals surface area contributed by atoms with Gasteiger partial charge < -0.3 is 24.8 Å². The minimum atomic E-state index is -4.87. The van der Waals surface area contributed by atoms with E-state index < -0.39 is 41.1 Å². The quantitative estimate of drug-likeness (QED) is 0.323. The topological polar surface area (TPSA) is 143 Å². The maximum Gasteiger partial charge on any atom is 0.399 e. The van der Waals surface area contributed by atoms with E-state index in [2.05, 4.69) is 4.18 Å². The van der Waals surface area contributed by atoms with Gasteiger partial charge in [-0.1, -0.05) is 13.3 Å². The van der Waals surface area contributed by atoms with E-state index in [1.165, 1.54) is 0 Å². The van der Waals surface area contributed by atoms with Crippen molar-refractivity contribution < 1.29 is 41.9 Å². The Morgan fingerprint density at radius 3 is 2.35 bits per heavy atom. The molecule has 5 atom stereocenters. The third-order valence-electron chi connectivity index (χ3n) is 2.81. The molecule has 1 fully saturated rings. The Bertz CT molecular complexity index is 384. The van der Waals surface area contributed by atoms with E-state index in [1.54, 1.807) is 0 Å². The summed E-state index contributed by atoms with van der Waals surface area (Å²) in [7, 11) is -4.87. The Morgan fingerprint density at radius 2 is 1.80 bits per heavy atom. The highest BCUT2D eigenvalue weighted by Gasteiger charge is 2.45. The summed E-state index contributed by atoms with van der Waals surface area (Å²) in [4.78, 5) is 0. The zero-order valence-electron chi connectivity index (χ0n) is 11.0. The molecule has 0 amide bonds. The molecule has 10 heteroatoms. The van der Waals surface area contributed by atoms with E-state index in [0.717, 1.165) is 12.8 Å². The van der Waals surface area contributed by atoms with E-state index in [9.17, 15) is 23.7 Å². The second-order valence-corrected chi connectivity index (χ2v) is 5.52. The van der Waals surface area contributed by atoms with Crippen LogP contribution in [-0.4, -0.2) is 72.2 Å². The van der Waals surface area contributed by atoms with Crippen LogP contribution in [0.5, 0.6) is 0 Å². The van der Waals surface area contributed by atoms with Crippen LogP contribution in [0.1, 0.15) is 19.8 Å². The van der Waals surface area contributed by atoms with Crippen LogP contribution in [0.25, 0.3) is 0 Å². The number of hydrogen-bond acceptors (Lipinski definition) is 8. The van der Waals surface area contributed by atoms with Gasteiger partial charge in [0.2, 0.25) is 6.29 Å². The van der Waals surface area contributed by atoms with E-state index in [4.69, 9.17) is 14.0 Å². The van der Waals surface area contributed by atoms with Gasteiger partial charge in [-0.2, -0.15) is 8.42 Å². The van der Waals surface area contributed by atoms with Crippen molar-refractivity contribution in [3.8, 4) is 0 Å². The first kappa shape index (κ1) is 17.7. The third kappa shape index (κ3) is 5.22. The molecule has 1 saturated heterocycles. The van der Waals surface area contributed by atoms with Crippen molar-refractivity contribution in [3.05, 3.63) is 0 Å². The fourth-order valence-corrected chi connectivity index (χ4v) is 2.10. The van der Waals surface area contributed by atoms with Crippen molar-refractivity contribution in [2.45, 2.75) is 50.5 Å². The minimum Gasteiger partial charge on any atom is -0.387 e. The molecular weight excluding hydrogens is 296 g/mol. The van der Waals surface area contributed by atoms with Gasteiger partial charge in [0.15, 0.2) is 0 Å². The van der Waals surface area contributed by atoms with Crippen LogP contribution < -0.4 is 0 Å². The standard InChI is InChI=1S/C10H20O9S/c1-2-3-4-17-5-6-7(11)8(12)9(13)10(18-6)19-20(14,15)16/h6-13H,2-5H2,1H3,(H,14,15,16)/t6-,7+,8+,9-,10?/m1/s1. The van der Waals surface area contributed by atoms with Gasteiger partial charge >= 0.3 is 10.4 Å². The van der Waals surface area contributed by atoms with Gasteiger partial charge in [-0.25, -0.2) is 4.18 Å². The van der Waals surface area contributed by atoms with Gasteiger partial charge in [0.05, 0.1) is 6.61 Å². The van der Waals surface area contributed by atoms with E-state index in [1.807, 2.05) is 6.92 Å². The Kier molecular flexibility index (Phi) is 6.75. The van der Waals surface area contributed by atoms with Crippen molar-refractivity contribution in [3.63, 3.8) is 0 Å². The summed E-state index contributed by atoms with van der Waals surface area (Å²) >= 11 is 0. The Balaban J connectivity index is 2.61. The minimum absolute atomic E-state index is 0.115. The molecule has 1 unspecified atom stereocenters. The molecule has 0 bridgehead atoms. The lowest BCUT2D eigenvalue weighted by molar-refractivity contribution is -0.280. The first-order valence-corrected chi connectivity index (χ1v) is 7.56. The second-order valence-electron chi connectivity index (χ2n) is 4.47. The highest BCUT2D eigenvalue weighted by molar-refractivity contribution is 7.80. The monoisotopic (exact) mass is 316 g/mol. The summed E-state index contributed by atoms with van der Waals surface area (Å²) in [5.74, 6) is 0. The summed E-state index contributed by atoms with van der Waals surface area (Å²) < 4.78 is 44.1. The molecule has 4 N–H and O–H groups in total. The Labute approximate surface area is 117 Å². The molecule has 0 aliphatic carbocycles. The first-order chi connectivity index (χ1) is 9.26. The van der Waals surface area contributed by atoms with Crippen molar-refractivity contribution in [1.29, 1.82) is 0 Å². The van der Waals surface area contributed by atoms with Gasteiger partial charge in [-0.15, -0.1) is 0 Å². The van der Waals surface area contributed by atoms with Crippen LogP contribution in [0.3, 0.4) is 0 Å². The zero-order chi connectivity index (χ0) is 15.3. The molecule has 1 heterocycles. The molecule has 1 aliphatic heterocycles. The molecule has 0 saturated carbocycles. The van der Waals surface area contributed by atoms with Crippen molar-refractivity contribution in [1.82, 2.24) is 0 Å². The molecule has 120 valence electrons. The molecular formula is C10H20O9S. The van der Waals surface area contributed by atoms with E-state index in [0.29, 0.717) is 6.61 Å². The van der Waals surface area contributed by atoms with Gasteiger partial charge in [-0.3, -0.25) is 4.55 Å². The average Bonchev–Trinajstić information content (AvgIpc) is 2.35. The van der Waals surface area contributed by atoms with Gasteiger partial charge in [0.1, 0.15) is 24.4 Å².